The summed E-state index contributed by atoms with van der Waals surface area (Å²) in [4.78, 5) is 7.12. The quantitative estimate of drug-likeness (QED) is 0.658. The molecular weight excluding hydrogens is 332 g/mol. The van der Waals surface area contributed by atoms with Gasteiger partial charge >= 0.3 is 0 Å². The van der Waals surface area contributed by atoms with Crippen LogP contribution in [0.25, 0.3) is 11.3 Å². The van der Waals surface area contributed by atoms with Gasteiger partial charge in [-0.15, -0.1) is 0 Å². The van der Waals surface area contributed by atoms with E-state index in [0.29, 0.717) is 6.04 Å². The first-order valence-electron chi connectivity index (χ1n) is 9.60. The number of rotatable bonds is 5. The van der Waals surface area contributed by atoms with E-state index in [9.17, 15) is 0 Å². The fourth-order valence-corrected chi connectivity index (χ4v) is 4.13. The predicted octanol–water partition coefficient (Wildman–Crippen LogP) is 4.75. The van der Waals surface area contributed by atoms with E-state index in [1.54, 1.807) is 7.11 Å². The lowest BCUT2D eigenvalue weighted by Gasteiger charge is -2.33. The monoisotopic (exact) mass is 358 g/mol. The summed E-state index contributed by atoms with van der Waals surface area (Å²) in [5, 5.41) is 0. The maximum absolute atomic E-state index is 5.57. The van der Waals surface area contributed by atoms with Gasteiger partial charge in [0.1, 0.15) is 11.4 Å². The Morgan fingerprint density at radius 2 is 1.89 bits per heavy atom. The van der Waals surface area contributed by atoms with Gasteiger partial charge in [-0.2, -0.15) is 0 Å². The standard InChI is InChI=1S/C24H26N2O/c1-26(17-18-8-4-3-5-9-18)20-14-13-19-10-6-11-21(22(19)16-20)24-23(27-2)12-7-15-25-24/h3-12,15,20H,13-14,16-17H2,1-2H3. The van der Waals surface area contributed by atoms with Crippen molar-refractivity contribution in [2.45, 2.75) is 31.8 Å². The topological polar surface area (TPSA) is 25.4 Å². The summed E-state index contributed by atoms with van der Waals surface area (Å²) in [5.74, 6) is 0.839. The summed E-state index contributed by atoms with van der Waals surface area (Å²) in [5.41, 5.74) is 6.40. The van der Waals surface area contributed by atoms with Gasteiger partial charge in [0.05, 0.1) is 7.11 Å². The molecule has 1 aliphatic carbocycles. The molecule has 1 atom stereocenters. The molecule has 0 aliphatic heterocycles. The first-order chi connectivity index (χ1) is 13.3. The third-order valence-corrected chi connectivity index (χ3v) is 5.60. The zero-order valence-corrected chi connectivity index (χ0v) is 16.1. The van der Waals surface area contributed by atoms with Crippen molar-refractivity contribution < 1.29 is 4.74 Å². The maximum atomic E-state index is 5.57. The van der Waals surface area contributed by atoms with Gasteiger partial charge in [0, 0.05) is 24.3 Å². The number of likely N-dealkylation sites (N-methyl/N-ethyl adjacent to an activating group) is 1. The van der Waals surface area contributed by atoms with Crippen molar-refractivity contribution in [3.8, 4) is 17.0 Å². The van der Waals surface area contributed by atoms with Crippen LogP contribution in [0.1, 0.15) is 23.1 Å². The highest BCUT2D eigenvalue weighted by molar-refractivity contribution is 5.71. The van der Waals surface area contributed by atoms with Crippen molar-refractivity contribution in [1.29, 1.82) is 0 Å². The van der Waals surface area contributed by atoms with Crippen molar-refractivity contribution in [3.63, 3.8) is 0 Å². The second-order valence-electron chi connectivity index (χ2n) is 7.29. The number of aryl methyl sites for hydroxylation is 1. The molecule has 3 aromatic rings. The van der Waals surface area contributed by atoms with Crippen LogP contribution in [-0.4, -0.2) is 30.1 Å². The molecule has 0 bridgehead atoms. The lowest BCUT2D eigenvalue weighted by Crippen LogP contribution is -2.36. The minimum absolute atomic E-state index is 0.536. The average molecular weight is 358 g/mol. The molecule has 1 unspecified atom stereocenters. The van der Waals surface area contributed by atoms with Crippen molar-refractivity contribution in [3.05, 3.63) is 83.6 Å². The van der Waals surface area contributed by atoms with E-state index < -0.39 is 0 Å². The Labute approximate surface area is 161 Å². The van der Waals surface area contributed by atoms with Crippen molar-refractivity contribution >= 4 is 0 Å². The fraction of sp³-hybridized carbons (Fsp3) is 0.292. The van der Waals surface area contributed by atoms with Crippen LogP contribution in [0.5, 0.6) is 5.75 Å². The molecule has 1 aliphatic rings. The molecule has 138 valence electrons. The number of hydrogen-bond donors (Lipinski definition) is 0. The van der Waals surface area contributed by atoms with Crippen LogP contribution in [0, 0.1) is 0 Å². The van der Waals surface area contributed by atoms with Crippen LogP contribution < -0.4 is 4.74 Å². The summed E-state index contributed by atoms with van der Waals surface area (Å²) >= 11 is 0. The number of hydrogen-bond acceptors (Lipinski definition) is 3. The lowest BCUT2D eigenvalue weighted by atomic mass is 9.83. The maximum Gasteiger partial charge on any atom is 0.145 e. The van der Waals surface area contributed by atoms with Gasteiger partial charge in [-0.1, -0.05) is 48.5 Å². The molecule has 0 amide bonds. The minimum atomic E-state index is 0.536. The highest BCUT2D eigenvalue weighted by Gasteiger charge is 2.25. The second kappa shape index (κ2) is 7.93. The molecule has 1 aromatic heterocycles. The Kier molecular flexibility index (Phi) is 5.21. The van der Waals surface area contributed by atoms with Gasteiger partial charge in [-0.3, -0.25) is 9.88 Å². The number of pyridine rings is 1. The van der Waals surface area contributed by atoms with E-state index in [-0.39, 0.29) is 0 Å². The molecule has 2 aromatic carbocycles. The summed E-state index contributed by atoms with van der Waals surface area (Å²) < 4.78 is 5.57. The number of methoxy groups -OCH3 is 1. The molecule has 3 nitrogen and oxygen atoms in total. The van der Waals surface area contributed by atoms with Crippen molar-refractivity contribution in [1.82, 2.24) is 9.88 Å². The highest BCUT2D eigenvalue weighted by Crippen LogP contribution is 2.36. The van der Waals surface area contributed by atoms with Crippen molar-refractivity contribution in [2.24, 2.45) is 0 Å². The smallest absolute Gasteiger partial charge is 0.145 e. The number of benzene rings is 2. The van der Waals surface area contributed by atoms with Crippen LogP contribution in [0.4, 0.5) is 0 Å². The first-order valence-corrected chi connectivity index (χ1v) is 9.60. The molecule has 1 heterocycles. The molecule has 27 heavy (non-hydrogen) atoms. The molecule has 4 rings (SSSR count). The Bertz CT molecular complexity index is 907. The fourth-order valence-electron chi connectivity index (χ4n) is 4.13. The number of fused-ring (bicyclic) bond motifs is 1. The predicted molar refractivity (Wildman–Crippen MR) is 110 cm³/mol. The lowest BCUT2D eigenvalue weighted by molar-refractivity contribution is 0.214. The summed E-state index contributed by atoms with van der Waals surface area (Å²) in [6.07, 6.45) is 5.20. The van der Waals surface area contributed by atoms with E-state index in [4.69, 9.17) is 4.74 Å². The zero-order chi connectivity index (χ0) is 18.6. The Morgan fingerprint density at radius 1 is 1.04 bits per heavy atom. The van der Waals surface area contributed by atoms with E-state index >= 15 is 0 Å². The molecule has 0 N–H and O–H groups in total. The van der Waals surface area contributed by atoms with Crippen LogP contribution in [-0.2, 0) is 19.4 Å². The van der Waals surface area contributed by atoms with Crippen LogP contribution in [0.15, 0.2) is 66.9 Å². The number of ether oxygens (including phenoxy) is 1. The molecule has 3 heteroatoms. The van der Waals surface area contributed by atoms with Crippen LogP contribution in [0.2, 0.25) is 0 Å². The van der Waals surface area contributed by atoms with Gasteiger partial charge in [0.2, 0.25) is 0 Å². The second-order valence-corrected chi connectivity index (χ2v) is 7.29. The van der Waals surface area contributed by atoms with E-state index in [0.717, 1.165) is 30.8 Å². The van der Waals surface area contributed by atoms with Gasteiger partial charge in [-0.25, -0.2) is 0 Å². The van der Waals surface area contributed by atoms with E-state index in [1.165, 1.54) is 28.7 Å². The van der Waals surface area contributed by atoms with E-state index in [2.05, 4.69) is 65.5 Å². The third kappa shape index (κ3) is 3.74. The summed E-state index contributed by atoms with van der Waals surface area (Å²) in [6.45, 7) is 0.982. The van der Waals surface area contributed by atoms with Gasteiger partial charge in [0.15, 0.2) is 0 Å². The third-order valence-electron chi connectivity index (χ3n) is 5.60. The Morgan fingerprint density at radius 3 is 2.70 bits per heavy atom. The SMILES string of the molecule is COc1cccnc1-c1cccc2c1CC(N(C)Cc1ccccc1)CC2. The highest BCUT2D eigenvalue weighted by atomic mass is 16.5. The summed E-state index contributed by atoms with van der Waals surface area (Å²) in [6, 6.07) is 21.8. The van der Waals surface area contributed by atoms with E-state index in [1.807, 2.05) is 18.3 Å². The van der Waals surface area contributed by atoms with Gasteiger partial charge in [0.25, 0.3) is 0 Å². The van der Waals surface area contributed by atoms with Crippen LogP contribution in [0.3, 0.4) is 0 Å². The minimum Gasteiger partial charge on any atom is -0.494 e. The van der Waals surface area contributed by atoms with Gasteiger partial charge in [-0.05, 0) is 55.1 Å². The molecule has 0 saturated carbocycles. The number of nitrogens with zero attached hydrogens (tertiary/aromatic N) is 2. The molecule has 0 spiro atoms. The largest absolute Gasteiger partial charge is 0.494 e. The zero-order valence-electron chi connectivity index (χ0n) is 16.1. The molecular formula is C24H26N2O. The van der Waals surface area contributed by atoms with Crippen LogP contribution >= 0.6 is 0 Å². The average Bonchev–Trinajstić information content (AvgIpc) is 2.73. The molecule has 0 fully saturated rings. The molecule has 0 saturated heterocycles. The Balaban J connectivity index is 1.62. The normalized spacial score (nSPS) is 16.2. The number of aromatic nitrogens is 1. The first kappa shape index (κ1) is 17.7. The Hall–Kier alpha value is -2.65. The molecule has 0 radical (unpaired) electrons. The van der Waals surface area contributed by atoms with Gasteiger partial charge < -0.3 is 4.74 Å². The van der Waals surface area contributed by atoms with Crippen molar-refractivity contribution in [2.75, 3.05) is 14.2 Å². The summed E-state index contributed by atoms with van der Waals surface area (Å²) in [7, 11) is 3.96.